The lowest BCUT2D eigenvalue weighted by Gasteiger charge is -2.41. The van der Waals surface area contributed by atoms with Crippen molar-refractivity contribution in [2.45, 2.75) is 31.7 Å². The largest absolute Gasteiger partial charge is 0.374 e. The average molecular weight is 431 g/mol. The summed E-state index contributed by atoms with van der Waals surface area (Å²) < 4.78 is 0. The summed E-state index contributed by atoms with van der Waals surface area (Å²) in [6.07, 6.45) is 3.44. The Bertz CT molecular complexity index is 1090. The van der Waals surface area contributed by atoms with E-state index in [1.807, 2.05) is 60.7 Å². The summed E-state index contributed by atoms with van der Waals surface area (Å²) in [7, 11) is 0. The molecule has 4 N–H and O–H groups in total. The molecule has 1 aliphatic carbocycles. The van der Waals surface area contributed by atoms with Crippen molar-refractivity contribution in [1.29, 1.82) is 0 Å². The van der Waals surface area contributed by atoms with Crippen LogP contribution in [0.5, 0.6) is 0 Å². The van der Waals surface area contributed by atoms with Gasteiger partial charge in [0.25, 0.3) is 11.8 Å². The molecule has 3 amide bonds. The van der Waals surface area contributed by atoms with Gasteiger partial charge in [-0.1, -0.05) is 36.4 Å². The number of carbonyl (C=O) groups excluding carboxylic acids is 3. The van der Waals surface area contributed by atoms with Gasteiger partial charge in [0.15, 0.2) is 0 Å². The minimum Gasteiger partial charge on any atom is -0.374 e. The Hall–Kier alpha value is -3.87. The molecule has 0 saturated heterocycles. The van der Waals surface area contributed by atoms with Gasteiger partial charge in [0.05, 0.1) is 11.1 Å². The lowest BCUT2D eigenvalue weighted by Crippen LogP contribution is -2.46. The standard InChI is InChI=1S/C25H26N4O3/c1-17(30)26-14-8-13-25(29-19-11-6-3-7-12-19)16-21-20(23(31)28-24(21)32)15-22(25)27-18-9-4-2-5-10-18/h2-7,9-12,15,27,29H,8,13-14,16H2,1H3,(H,26,30)(H,28,31,32). The Morgan fingerprint density at radius 3 is 2.28 bits per heavy atom. The number of hydrogen-bond donors (Lipinski definition) is 4. The van der Waals surface area contributed by atoms with Crippen LogP contribution in [-0.2, 0) is 14.4 Å². The van der Waals surface area contributed by atoms with E-state index in [1.54, 1.807) is 6.08 Å². The Balaban J connectivity index is 1.73. The zero-order chi connectivity index (χ0) is 22.6. The molecule has 1 heterocycles. The third-order valence-corrected chi connectivity index (χ3v) is 5.72. The first-order valence-electron chi connectivity index (χ1n) is 10.7. The molecule has 1 atom stereocenters. The number of nitrogens with one attached hydrogen (secondary N) is 4. The molecule has 0 radical (unpaired) electrons. The molecule has 1 unspecified atom stereocenters. The van der Waals surface area contributed by atoms with Crippen LogP contribution >= 0.6 is 0 Å². The molecule has 7 heteroatoms. The maximum Gasteiger partial charge on any atom is 0.258 e. The highest BCUT2D eigenvalue weighted by Crippen LogP contribution is 2.41. The van der Waals surface area contributed by atoms with Crippen molar-refractivity contribution in [2.75, 3.05) is 17.2 Å². The average Bonchev–Trinajstić information content (AvgIpc) is 3.05. The smallest absolute Gasteiger partial charge is 0.258 e. The van der Waals surface area contributed by atoms with Gasteiger partial charge in [-0.15, -0.1) is 0 Å². The van der Waals surface area contributed by atoms with Crippen LogP contribution in [0.2, 0.25) is 0 Å². The molecule has 2 aromatic carbocycles. The monoisotopic (exact) mass is 430 g/mol. The summed E-state index contributed by atoms with van der Waals surface area (Å²) in [5.41, 5.74) is 2.81. The third-order valence-electron chi connectivity index (χ3n) is 5.72. The molecule has 2 aliphatic rings. The SMILES string of the molecule is CC(=O)NCCCC1(Nc2ccccc2)CC2=C(C=C1Nc1ccccc1)C(=O)NC2=O. The van der Waals surface area contributed by atoms with Crippen LogP contribution in [0.1, 0.15) is 26.2 Å². The fraction of sp³-hybridized carbons (Fsp3) is 0.240. The third kappa shape index (κ3) is 4.56. The molecule has 0 bridgehead atoms. The van der Waals surface area contributed by atoms with Gasteiger partial charge in [-0.3, -0.25) is 19.7 Å². The van der Waals surface area contributed by atoms with E-state index < -0.39 is 5.54 Å². The number of para-hydroxylation sites is 2. The first-order valence-corrected chi connectivity index (χ1v) is 10.7. The maximum absolute atomic E-state index is 12.5. The number of carbonyl (C=O) groups is 3. The molecule has 7 nitrogen and oxygen atoms in total. The van der Waals surface area contributed by atoms with Crippen molar-refractivity contribution in [3.63, 3.8) is 0 Å². The summed E-state index contributed by atoms with van der Waals surface area (Å²) in [6.45, 7) is 2.01. The Kier molecular flexibility index (Phi) is 6.07. The molecule has 32 heavy (non-hydrogen) atoms. The normalized spacial score (nSPS) is 19.7. The first-order chi connectivity index (χ1) is 15.5. The molecule has 1 aliphatic heterocycles. The van der Waals surface area contributed by atoms with Crippen LogP contribution in [0.15, 0.2) is 83.6 Å². The van der Waals surface area contributed by atoms with Gasteiger partial charge in [0, 0.05) is 42.5 Å². The molecule has 2 aromatic rings. The van der Waals surface area contributed by atoms with Gasteiger partial charge < -0.3 is 16.0 Å². The highest BCUT2D eigenvalue weighted by molar-refractivity contribution is 6.21. The van der Waals surface area contributed by atoms with E-state index in [9.17, 15) is 14.4 Å². The summed E-state index contributed by atoms with van der Waals surface area (Å²) in [6, 6.07) is 19.5. The van der Waals surface area contributed by atoms with E-state index >= 15 is 0 Å². The van der Waals surface area contributed by atoms with Crippen molar-refractivity contribution >= 4 is 29.1 Å². The first kappa shape index (κ1) is 21.4. The Morgan fingerprint density at radius 1 is 0.969 bits per heavy atom. The number of benzene rings is 2. The second kappa shape index (κ2) is 9.09. The predicted molar refractivity (Wildman–Crippen MR) is 124 cm³/mol. The van der Waals surface area contributed by atoms with Gasteiger partial charge >= 0.3 is 0 Å². The molecule has 164 valence electrons. The molecule has 0 aromatic heterocycles. The zero-order valence-electron chi connectivity index (χ0n) is 17.9. The fourth-order valence-corrected chi connectivity index (χ4v) is 4.20. The van der Waals surface area contributed by atoms with E-state index in [1.165, 1.54) is 6.92 Å². The van der Waals surface area contributed by atoms with E-state index in [0.717, 1.165) is 17.1 Å². The lowest BCUT2D eigenvalue weighted by molar-refractivity contribution is -0.124. The molecular weight excluding hydrogens is 404 g/mol. The summed E-state index contributed by atoms with van der Waals surface area (Å²) >= 11 is 0. The van der Waals surface area contributed by atoms with E-state index in [2.05, 4.69) is 21.3 Å². The fourth-order valence-electron chi connectivity index (χ4n) is 4.20. The minimum atomic E-state index is -0.670. The van der Waals surface area contributed by atoms with Crippen molar-refractivity contribution in [3.8, 4) is 0 Å². The predicted octanol–water partition coefficient (Wildman–Crippen LogP) is 3.11. The quantitative estimate of drug-likeness (QED) is 0.381. The summed E-state index contributed by atoms with van der Waals surface area (Å²) in [5, 5.41) is 12.4. The van der Waals surface area contributed by atoms with E-state index in [-0.39, 0.29) is 17.7 Å². The maximum atomic E-state index is 12.5. The lowest BCUT2D eigenvalue weighted by atomic mass is 9.77. The minimum absolute atomic E-state index is 0.0809. The van der Waals surface area contributed by atoms with Crippen LogP contribution in [0.25, 0.3) is 0 Å². The number of rotatable bonds is 8. The van der Waals surface area contributed by atoms with Gasteiger partial charge in [-0.25, -0.2) is 0 Å². The van der Waals surface area contributed by atoms with Crippen LogP contribution < -0.4 is 21.3 Å². The van der Waals surface area contributed by atoms with Crippen molar-refractivity contribution in [3.05, 3.63) is 83.6 Å². The summed E-state index contributed by atoms with van der Waals surface area (Å²) in [4.78, 5) is 36.3. The van der Waals surface area contributed by atoms with Gasteiger partial charge in [-0.2, -0.15) is 0 Å². The molecular formula is C25H26N4O3. The Morgan fingerprint density at radius 2 is 1.62 bits per heavy atom. The van der Waals surface area contributed by atoms with Crippen LogP contribution in [0.3, 0.4) is 0 Å². The highest BCUT2D eigenvalue weighted by atomic mass is 16.2. The number of imide groups is 1. The van der Waals surface area contributed by atoms with Crippen molar-refractivity contribution in [2.24, 2.45) is 0 Å². The summed E-state index contributed by atoms with van der Waals surface area (Å²) in [5.74, 6) is -0.798. The van der Waals surface area contributed by atoms with Crippen molar-refractivity contribution < 1.29 is 14.4 Å². The van der Waals surface area contributed by atoms with Crippen LogP contribution in [0, 0.1) is 0 Å². The molecule has 0 saturated carbocycles. The number of anilines is 2. The van der Waals surface area contributed by atoms with Crippen molar-refractivity contribution in [1.82, 2.24) is 10.6 Å². The molecule has 0 fully saturated rings. The highest BCUT2D eigenvalue weighted by Gasteiger charge is 2.44. The van der Waals surface area contributed by atoms with E-state index in [0.29, 0.717) is 37.0 Å². The zero-order valence-corrected chi connectivity index (χ0v) is 17.9. The number of amides is 3. The second-order valence-corrected chi connectivity index (χ2v) is 8.06. The van der Waals surface area contributed by atoms with E-state index in [4.69, 9.17) is 0 Å². The van der Waals surface area contributed by atoms with Gasteiger partial charge in [-0.05, 0) is 43.2 Å². The number of hydrogen-bond acceptors (Lipinski definition) is 5. The topological polar surface area (TPSA) is 99.3 Å². The van der Waals surface area contributed by atoms with Gasteiger partial charge in [0.1, 0.15) is 0 Å². The Labute approximate surface area is 187 Å². The van der Waals surface area contributed by atoms with Crippen LogP contribution in [-0.4, -0.2) is 29.8 Å². The second-order valence-electron chi connectivity index (χ2n) is 8.06. The van der Waals surface area contributed by atoms with Gasteiger partial charge in [0.2, 0.25) is 5.91 Å². The van der Waals surface area contributed by atoms with Crippen LogP contribution in [0.4, 0.5) is 11.4 Å². The molecule has 4 rings (SSSR count). The molecule has 0 spiro atoms.